The van der Waals surface area contributed by atoms with Crippen LogP contribution in [0.5, 0.6) is 0 Å². The molecular weight excluding hydrogens is 286 g/mol. The number of sulfonamides is 1. The van der Waals surface area contributed by atoms with Crippen molar-refractivity contribution in [1.29, 1.82) is 5.26 Å². The molecule has 0 spiro atoms. The van der Waals surface area contributed by atoms with E-state index in [0.717, 1.165) is 11.1 Å². The summed E-state index contributed by atoms with van der Waals surface area (Å²) in [4.78, 5) is -0.0388. The Bertz CT molecular complexity index is 813. The minimum Gasteiger partial charge on any atom is -0.399 e. The van der Waals surface area contributed by atoms with Gasteiger partial charge in [-0.05, 0) is 49.2 Å². The number of rotatable bonds is 3. The molecule has 0 radical (unpaired) electrons. The van der Waals surface area contributed by atoms with Gasteiger partial charge >= 0.3 is 0 Å². The van der Waals surface area contributed by atoms with Gasteiger partial charge in [-0.3, -0.25) is 4.72 Å². The summed E-state index contributed by atoms with van der Waals surface area (Å²) in [6.45, 7) is 3.55. The number of nitrogens with zero attached hydrogens (tertiary/aromatic N) is 1. The molecule has 6 heteroatoms. The number of nitriles is 1. The molecule has 2 aromatic rings. The smallest absolute Gasteiger partial charge is 0.263 e. The van der Waals surface area contributed by atoms with Crippen LogP contribution < -0.4 is 10.5 Å². The zero-order valence-corrected chi connectivity index (χ0v) is 12.5. The zero-order chi connectivity index (χ0) is 15.6. The average Bonchev–Trinajstić information content (AvgIpc) is 2.43. The van der Waals surface area contributed by atoms with Crippen LogP contribution in [-0.2, 0) is 10.0 Å². The first-order valence-electron chi connectivity index (χ1n) is 6.24. The van der Waals surface area contributed by atoms with Gasteiger partial charge in [0.25, 0.3) is 10.0 Å². The molecule has 108 valence electrons. The third-order valence-corrected chi connectivity index (χ3v) is 4.50. The van der Waals surface area contributed by atoms with Crippen molar-refractivity contribution >= 4 is 21.4 Å². The normalized spacial score (nSPS) is 10.9. The molecule has 3 N–H and O–H groups in total. The average molecular weight is 301 g/mol. The largest absolute Gasteiger partial charge is 0.399 e. The summed E-state index contributed by atoms with van der Waals surface area (Å²) in [5.74, 6) is 0. The van der Waals surface area contributed by atoms with Crippen LogP contribution in [0.3, 0.4) is 0 Å². The first kappa shape index (κ1) is 14.9. The van der Waals surface area contributed by atoms with Gasteiger partial charge in [0.15, 0.2) is 0 Å². The molecule has 21 heavy (non-hydrogen) atoms. The van der Waals surface area contributed by atoms with Crippen molar-refractivity contribution in [2.24, 2.45) is 0 Å². The highest BCUT2D eigenvalue weighted by Crippen LogP contribution is 2.27. The number of nitrogen functional groups attached to an aromatic ring is 1. The van der Waals surface area contributed by atoms with Crippen LogP contribution in [-0.4, -0.2) is 8.42 Å². The minimum atomic E-state index is -3.83. The molecule has 0 saturated heterocycles. The second-order valence-electron chi connectivity index (χ2n) is 4.74. The molecule has 0 atom stereocenters. The first-order chi connectivity index (χ1) is 9.85. The monoisotopic (exact) mass is 301 g/mol. The maximum Gasteiger partial charge on any atom is 0.263 e. The Morgan fingerprint density at radius 3 is 2.29 bits per heavy atom. The molecule has 0 aliphatic rings. The lowest BCUT2D eigenvalue weighted by Gasteiger charge is -2.14. The number of hydrogen-bond acceptors (Lipinski definition) is 4. The summed E-state index contributed by atoms with van der Waals surface area (Å²) in [7, 11) is -3.83. The lowest BCUT2D eigenvalue weighted by atomic mass is 10.1. The van der Waals surface area contributed by atoms with E-state index in [1.807, 2.05) is 6.07 Å². The van der Waals surface area contributed by atoms with Gasteiger partial charge in [0, 0.05) is 5.69 Å². The number of nitrogens with one attached hydrogen (secondary N) is 1. The summed E-state index contributed by atoms with van der Waals surface area (Å²) < 4.78 is 27.5. The van der Waals surface area contributed by atoms with Crippen molar-refractivity contribution in [2.75, 3.05) is 10.5 Å². The molecule has 2 aromatic carbocycles. The van der Waals surface area contributed by atoms with Crippen molar-refractivity contribution in [3.8, 4) is 6.07 Å². The van der Waals surface area contributed by atoms with E-state index in [-0.39, 0.29) is 10.5 Å². The van der Waals surface area contributed by atoms with Gasteiger partial charge in [-0.1, -0.05) is 12.1 Å². The van der Waals surface area contributed by atoms with E-state index in [4.69, 9.17) is 11.0 Å². The van der Waals surface area contributed by atoms with E-state index in [1.165, 1.54) is 12.1 Å². The van der Waals surface area contributed by atoms with Gasteiger partial charge in [-0.2, -0.15) is 5.26 Å². The molecule has 0 heterocycles. The number of nitrogens with two attached hydrogens (primary N) is 1. The molecule has 0 amide bonds. The number of hydrogen-bond donors (Lipinski definition) is 2. The van der Waals surface area contributed by atoms with Crippen molar-refractivity contribution in [1.82, 2.24) is 0 Å². The van der Waals surface area contributed by atoms with Gasteiger partial charge < -0.3 is 5.73 Å². The number of benzene rings is 2. The fourth-order valence-corrected chi connectivity index (χ4v) is 3.50. The molecule has 0 aliphatic carbocycles. The van der Waals surface area contributed by atoms with E-state index >= 15 is 0 Å². The molecule has 0 fully saturated rings. The second-order valence-corrected chi connectivity index (χ2v) is 6.39. The molecule has 0 aromatic heterocycles. The van der Waals surface area contributed by atoms with Gasteiger partial charge in [0.1, 0.15) is 11.0 Å². The van der Waals surface area contributed by atoms with Crippen LogP contribution in [0.25, 0.3) is 0 Å². The van der Waals surface area contributed by atoms with E-state index in [1.54, 1.807) is 38.1 Å². The zero-order valence-electron chi connectivity index (χ0n) is 11.7. The molecule has 0 unspecified atom stereocenters. The maximum atomic E-state index is 12.5. The topological polar surface area (TPSA) is 96.0 Å². The number of anilines is 2. The quantitative estimate of drug-likeness (QED) is 0.851. The second kappa shape index (κ2) is 5.46. The summed E-state index contributed by atoms with van der Waals surface area (Å²) in [6, 6.07) is 11.4. The highest BCUT2D eigenvalue weighted by atomic mass is 32.2. The summed E-state index contributed by atoms with van der Waals surface area (Å²) >= 11 is 0. The van der Waals surface area contributed by atoms with Crippen LogP contribution in [0.4, 0.5) is 11.4 Å². The summed E-state index contributed by atoms with van der Waals surface area (Å²) in [5, 5.41) is 9.03. The third kappa shape index (κ3) is 2.98. The maximum absolute atomic E-state index is 12.5. The van der Waals surface area contributed by atoms with E-state index in [0.29, 0.717) is 11.4 Å². The molecule has 5 nitrogen and oxygen atoms in total. The minimum absolute atomic E-state index is 0.0388. The number of aryl methyl sites for hydroxylation is 2. The fourth-order valence-electron chi connectivity index (χ4n) is 2.14. The van der Waals surface area contributed by atoms with Crippen molar-refractivity contribution in [2.45, 2.75) is 18.7 Å². The Labute approximate surface area is 124 Å². The standard InChI is InChI=1S/C15H15N3O2S/c1-10-7-13(17)8-11(2)15(10)18-21(19,20)14-6-4-3-5-12(14)9-16/h3-8,18H,17H2,1-2H3. The Morgan fingerprint density at radius 1 is 1.14 bits per heavy atom. The SMILES string of the molecule is Cc1cc(N)cc(C)c1NS(=O)(=O)c1ccccc1C#N. The Kier molecular flexibility index (Phi) is 3.87. The summed E-state index contributed by atoms with van der Waals surface area (Å²) in [5.41, 5.74) is 8.35. The highest BCUT2D eigenvalue weighted by molar-refractivity contribution is 7.92. The van der Waals surface area contributed by atoms with Crippen molar-refractivity contribution < 1.29 is 8.42 Å². The van der Waals surface area contributed by atoms with Crippen molar-refractivity contribution in [3.63, 3.8) is 0 Å². The van der Waals surface area contributed by atoms with Crippen LogP contribution >= 0.6 is 0 Å². The predicted octanol–water partition coefficient (Wildman–Crippen LogP) is 2.56. The Balaban J connectivity index is 2.51. The lowest BCUT2D eigenvalue weighted by molar-refractivity contribution is 0.601. The first-order valence-corrected chi connectivity index (χ1v) is 7.72. The third-order valence-electron chi connectivity index (χ3n) is 3.09. The Hall–Kier alpha value is -2.52. The van der Waals surface area contributed by atoms with E-state index < -0.39 is 10.0 Å². The van der Waals surface area contributed by atoms with Gasteiger partial charge in [0.05, 0.1) is 11.3 Å². The van der Waals surface area contributed by atoms with Crippen LogP contribution in [0.1, 0.15) is 16.7 Å². The highest BCUT2D eigenvalue weighted by Gasteiger charge is 2.20. The van der Waals surface area contributed by atoms with Gasteiger partial charge in [-0.15, -0.1) is 0 Å². The molecule has 0 saturated carbocycles. The van der Waals surface area contributed by atoms with Crippen LogP contribution in [0, 0.1) is 25.2 Å². The van der Waals surface area contributed by atoms with Gasteiger partial charge in [-0.25, -0.2) is 8.42 Å². The molecule has 0 aliphatic heterocycles. The lowest BCUT2D eigenvalue weighted by Crippen LogP contribution is -2.16. The van der Waals surface area contributed by atoms with Crippen molar-refractivity contribution in [3.05, 3.63) is 53.1 Å². The van der Waals surface area contributed by atoms with E-state index in [2.05, 4.69) is 4.72 Å². The molecule has 2 rings (SSSR count). The fraction of sp³-hybridized carbons (Fsp3) is 0.133. The Morgan fingerprint density at radius 2 is 1.71 bits per heavy atom. The van der Waals surface area contributed by atoms with Gasteiger partial charge in [0.2, 0.25) is 0 Å². The van der Waals surface area contributed by atoms with Crippen LogP contribution in [0.15, 0.2) is 41.3 Å². The predicted molar refractivity (Wildman–Crippen MR) is 82.3 cm³/mol. The molecule has 0 bridgehead atoms. The molecular formula is C15H15N3O2S. The van der Waals surface area contributed by atoms with E-state index in [9.17, 15) is 8.42 Å². The summed E-state index contributed by atoms with van der Waals surface area (Å²) in [6.07, 6.45) is 0. The van der Waals surface area contributed by atoms with Crippen LogP contribution in [0.2, 0.25) is 0 Å².